The predicted molar refractivity (Wildman–Crippen MR) is 82.7 cm³/mol. The first kappa shape index (κ1) is 16.0. The molecule has 0 saturated heterocycles. The summed E-state index contributed by atoms with van der Waals surface area (Å²) in [7, 11) is 1.98. The van der Waals surface area contributed by atoms with Gasteiger partial charge in [0.1, 0.15) is 0 Å². The zero-order valence-corrected chi connectivity index (χ0v) is 12.9. The molecule has 0 aromatic heterocycles. The molecule has 0 radical (unpaired) electrons. The van der Waals surface area contributed by atoms with E-state index >= 15 is 0 Å². The van der Waals surface area contributed by atoms with Crippen molar-refractivity contribution >= 4 is 5.69 Å². The smallest absolute Gasteiger partial charge is 0.0895 e. The van der Waals surface area contributed by atoms with Gasteiger partial charge in [-0.1, -0.05) is 18.2 Å². The topological polar surface area (TPSA) is 33.3 Å². The summed E-state index contributed by atoms with van der Waals surface area (Å²) in [6.07, 6.45) is 1.02. The molecule has 1 atom stereocenters. The molecule has 0 aliphatic rings. The number of hydrogen-bond acceptors (Lipinski definition) is 3. The number of rotatable bonds is 8. The molecular formula is C16H28N2O. The second-order valence-electron chi connectivity index (χ2n) is 5.41. The maximum atomic E-state index is 6.10. The Morgan fingerprint density at radius 3 is 2.58 bits per heavy atom. The lowest BCUT2D eigenvalue weighted by Crippen LogP contribution is -2.28. The molecule has 1 unspecified atom stereocenters. The molecule has 3 heteroatoms. The Morgan fingerprint density at radius 1 is 1.26 bits per heavy atom. The first-order valence-electron chi connectivity index (χ1n) is 7.16. The van der Waals surface area contributed by atoms with Crippen LogP contribution in [0.4, 0.5) is 5.69 Å². The molecule has 1 rings (SSSR count). The van der Waals surface area contributed by atoms with E-state index in [1.54, 1.807) is 0 Å². The molecule has 0 spiro atoms. The Bertz CT molecular complexity index is 377. The first-order chi connectivity index (χ1) is 9.01. The van der Waals surface area contributed by atoms with Crippen molar-refractivity contribution in [3.05, 3.63) is 29.8 Å². The third-order valence-electron chi connectivity index (χ3n) is 3.45. The second-order valence-corrected chi connectivity index (χ2v) is 5.41. The lowest BCUT2D eigenvalue weighted by Gasteiger charge is -2.29. The van der Waals surface area contributed by atoms with Gasteiger partial charge in [0.25, 0.3) is 0 Å². The second kappa shape index (κ2) is 7.51. The molecule has 0 saturated carbocycles. The van der Waals surface area contributed by atoms with E-state index in [4.69, 9.17) is 4.74 Å². The Labute approximate surface area is 117 Å². The van der Waals surface area contributed by atoms with E-state index in [2.05, 4.69) is 62.6 Å². The van der Waals surface area contributed by atoms with Crippen LogP contribution in [0.5, 0.6) is 0 Å². The molecular weight excluding hydrogens is 236 g/mol. The van der Waals surface area contributed by atoms with E-state index in [9.17, 15) is 0 Å². The van der Waals surface area contributed by atoms with Crippen LogP contribution in [0.3, 0.4) is 0 Å². The van der Waals surface area contributed by atoms with Crippen molar-refractivity contribution < 1.29 is 4.74 Å². The van der Waals surface area contributed by atoms with Gasteiger partial charge in [0.05, 0.1) is 5.60 Å². The van der Waals surface area contributed by atoms with Gasteiger partial charge in [-0.3, -0.25) is 0 Å². The fourth-order valence-corrected chi connectivity index (χ4v) is 2.07. The van der Waals surface area contributed by atoms with Crippen LogP contribution in [0.25, 0.3) is 0 Å². The van der Waals surface area contributed by atoms with Crippen molar-refractivity contribution in [3.63, 3.8) is 0 Å². The average Bonchev–Trinajstić information content (AvgIpc) is 2.39. The zero-order chi connectivity index (χ0) is 14.3. The molecule has 0 aliphatic carbocycles. The Hall–Kier alpha value is -1.06. The fraction of sp³-hybridized carbons (Fsp3) is 0.625. The highest BCUT2D eigenvalue weighted by Crippen LogP contribution is 2.31. The Kier molecular flexibility index (Phi) is 6.32. The molecule has 2 N–H and O–H groups in total. The summed E-state index contributed by atoms with van der Waals surface area (Å²) in [5.41, 5.74) is 2.11. The highest BCUT2D eigenvalue weighted by Gasteiger charge is 2.24. The minimum Gasteiger partial charge on any atom is -0.385 e. The molecule has 0 fully saturated rings. The fourth-order valence-electron chi connectivity index (χ4n) is 2.07. The van der Waals surface area contributed by atoms with E-state index in [0.717, 1.165) is 25.3 Å². The molecule has 0 heterocycles. The standard InChI is InChI=1S/C16H28N2O/c1-6-18-15-10-8-7-9-14(15)16(3,4)19-12-11-13(2)17-5/h7-10,13,17-18H,6,11-12H2,1-5H3. The largest absolute Gasteiger partial charge is 0.385 e. The van der Waals surface area contributed by atoms with Crippen molar-refractivity contribution in [2.75, 3.05) is 25.5 Å². The van der Waals surface area contributed by atoms with E-state index in [-0.39, 0.29) is 5.60 Å². The van der Waals surface area contributed by atoms with Gasteiger partial charge in [0.15, 0.2) is 0 Å². The quantitative estimate of drug-likeness (QED) is 0.755. The highest BCUT2D eigenvalue weighted by atomic mass is 16.5. The number of ether oxygens (including phenoxy) is 1. The molecule has 1 aromatic rings. The SMILES string of the molecule is CCNc1ccccc1C(C)(C)OCCC(C)NC. The van der Waals surface area contributed by atoms with Gasteiger partial charge in [-0.2, -0.15) is 0 Å². The van der Waals surface area contributed by atoms with Crippen molar-refractivity contribution in [2.45, 2.75) is 45.8 Å². The van der Waals surface area contributed by atoms with Gasteiger partial charge in [-0.15, -0.1) is 0 Å². The van der Waals surface area contributed by atoms with Crippen molar-refractivity contribution in [1.29, 1.82) is 0 Å². The van der Waals surface area contributed by atoms with E-state index in [0.29, 0.717) is 6.04 Å². The number of hydrogen-bond donors (Lipinski definition) is 2. The van der Waals surface area contributed by atoms with Crippen molar-refractivity contribution in [3.8, 4) is 0 Å². The lowest BCUT2D eigenvalue weighted by atomic mass is 9.96. The Balaban J connectivity index is 2.70. The van der Waals surface area contributed by atoms with Gasteiger partial charge in [-0.05, 0) is 47.2 Å². The summed E-state index contributed by atoms with van der Waals surface area (Å²) in [5.74, 6) is 0. The number of nitrogens with one attached hydrogen (secondary N) is 2. The molecule has 0 amide bonds. The number of anilines is 1. The van der Waals surface area contributed by atoms with Crippen LogP contribution in [-0.2, 0) is 10.3 Å². The molecule has 1 aromatic carbocycles. The highest BCUT2D eigenvalue weighted by molar-refractivity contribution is 5.53. The van der Waals surface area contributed by atoms with Crippen LogP contribution in [0.2, 0.25) is 0 Å². The van der Waals surface area contributed by atoms with Crippen molar-refractivity contribution in [1.82, 2.24) is 5.32 Å². The third-order valence-corrected chi connectivity index (χ3v) is 3.45. The minimum atomic E-state index is -0.272. The van der Waals surface area contributed by atoms with E-state index < -0.39 is 0 Å². The zero-order valence-electron chi connectivity index (χ0n) is 12.9. The van der Waals surface area contributed by atoms with E-state index in [1.807, 2.05) is 7.05 Å². The summed E-state index contributed by atoms with van der Waals surface area (Å²) in [6.45, 7) is 10.2. The van der Waals surface area contributed by atoms with Gasteiger partial charge in [0.2, 0.25) is 0 Å². The molecule has 3 nitrogen and oxygen atoms in total. The summed E-state index contributed by atoms with van der Waals surface area (Å²) >= 11 is 0. The van der Waals surface area contributed by atoms with Gasteiger partial charge >= 0.3 is 0 Å². The van der Waals surface area contributed by atoms with Crippen molar-refractivity contribution in [2.24, 2.45) is 0 Å². The lowest BCUT2D eigenvalue weighted by molar-refractivity contribution is -0.0244. The first-order valence-corrected chi connectivity index (χ1v) is 7.16. The van der Waals surface area contributed by atoms with Crippen LogP contribution in [0.15, 0.2) is 24.3 Å². The maximum Gasteiger partial charge on any atom is 0.0895 e. The Morgan fingerprint density at radius 2 is 1.95 bits per heavy atom. The minimum absolute atomic E-state index is 0.272. The monoisotopic (exact) mass is 264 g/mol. The van der Waals surface area contributed by atoms with E-state index in [1.165, 1.54) is 5.56 Å². The van der Waals surface area contributed by atoms with Crippen LogP contribution in [0.1, 0.15) is 39.7 Å². The van der Waals surface area contributed by atoms with Crippen LogP contribution >= 0.6 is 0 Å². The normalized spacial score (nSPS) is 13.3. The summed E-state index contributed by atoms with van der Waals surface area (Å²) in [5, 5.41) is 6.63. The van der Waals surface area contributed by atoms with Crippen LogP contribution < -0.4 is 10.6 Å². The van der Waals surface area contributed by atoms with Crippen LogP contribution in [0, 0.1) is 0 Å². The maximum absolute atomic E-state index is 6.10. The summed E-state index contributed by atoms with van der Waals surface area (Å²) in [6, 6.07) is 8.86. The average molecular weight is 264 g/mol. The molecule has 0 aliphatic heterocycles. The van der Waals surface area contributed by atoms with Crippen LogP contribution in [-0.4, -0.2) is 26.2 Å². The number of benzene rings is 1. The van der Waals surface area contributed by atoms with Gasteiger partial charge in [0, 0.05) is 30.4 Å². The summed E-state index contributed by atoms with van der Waals surface area (Å²) < 4.78 is 6.10. The summed E-state index contributed by atoms with van der Waals surface area (Å²) in [4.78, 5) is 0. The molecule has 108 valence electrons. The third kappa shape index (κ3) is 4.84. The molecule has 0 bridgehead atoms. The molecule has 19 heavy (non-hydrogen) atoms. The van der Waals surface area contributed by atoms with Gasteiger partial charge in [-0.25, -0.2) is 0 Å². The van der Waals surface area contributed by atoms with Gasteiger partial charge < -0.3 is 15.4 Å². The predicted octanol–water partition coefficient (Wildman–Crippen LogP) is 3.37. The number of para-hydroxylation sites is 1.